The molecule has 29 heavy (non-hydrogen) atoms. The Balaban J connectivity index is -0.000000556. The molecule has 0 aliphatic heterocycles. The summed E-state index contributed by atoms with van der Waals surface area (Å²) in [5, 5.41) is 63.1. The zero-order valence-electron chi connectivity index (χ0n) is 17.5. The van der Waals surface area contributed by atoms with Crippen LogP contribution in [0.2, 0.25) is 0 Å². The minimum absolute atomic E-state index is 0.104. The number of hydrogen-bond donors (Lipinski definition) is 8. The van der Waals surface area contributed by atoms with Crippen LogP contribution < -0.4 is 0 Å². The predicted molar refractivity (Wildman–Crippen MR) is 108 cm³/mol. The van der Waals surface area contributed by atoms with Gasteiger partial charge in [-0.3, -0.25) is 4.79 Å². The number of unbranched alkanes of at least 4 members (excludes halogenated alkanes) is 8. The zero-order valence-corrected chi connectivity index (χ0v) is 17.5. The van der Waals surface area contributed by atoms with Crippen molar-refractivity contribution in [2.24, 2.45) is 0 Å². The number of carbonyl (C=O) groups is 1. The van der Waals surface area contributed by atoms with Crippen molar-refractivity contribution in [1.29, 1.82) is 0 Å². The third-order valence-corrected chi connectivity index (χ3v) is 3.55. The SMILES string of the molecule is CCCCCCCCCCCC(=O)OCC(O)CO.OB(O)O.OCC(O)CO. The highest BCUT2D eigenvalue weighted by atomic mass is 16.5. The van der Waals surface area contributed by atoms with E-state index in [4.69, 9.17) is 45.3 Å². The maximum absolute atomic E-state index is 11.3. The van der Waals surface area contributed by atoms with Crippen LogP contribution in [0, 0.1) is 0 Å². The van der Waals surface area contributed by atoms with Crippen molar-refractivity contribution in [3.05, 3.63) is 0 Å². The normalized spacial score (nSPS) is 11.1. The van der Waals surface area contributed by atoms with Crippen LogP contribution in [0.5, 0.6) is 0 Å². The first-order valence-electron chi connectivity index (χ1n) is 10.1. The van der Waals surface area contributed by atoms with Crippen molar-refractivity contribution in [3.63, 3.8) is 0 Å². The first-order valence-corrected chi connectivity index (χ1v) is 10.1. The number of ether oxygens (including phenoxy) is 1. The van der Waals surface area contributed by atoms with Gasteiger partial charge in [-0.15, -0.1) is 0 Å². The topological polar surface area (TPSA) is 188 Å². The van der Waals surface area contributed by atoms with Gasteiger partial charge in [0.05, 0.1) is 19.8 Å². The number of aliphatic hydroxyl groups is 5. The Bertz CT molecular complexity index is 314. The molecule has 11 heteroatoms. The summed E-state index contributed by atoms with van der Waals surface area (Å²) in [6.45, 7) is 1.02. The summed E-state index contributed by atoms with van der Waals surface area (Å²) in [6.07, 6.45) is 9.44. The Morgan fingerprint density at radius 1 is 0.759 bits per heavy atom. The van der Waals surface area contributed by atoms with Gasteiger partial charge in [-0.1, -0.05) is 58.3 Å². The summed E-state index contributed by atoms with van der Waals surface area (Å²) in [5.74, 6) is -0.282. The molecule has 0 fully saturated rings. The Morgan fingerprint density at radius 3 is 1.48 bits per heavy atom. The highest BCUT2D eigenvalue weighted by Gasteiger charge is 2.07. The lowest BCUT2D eigenvalue weighted by molar-refractivity contribution is -0.147. The van der Waals surface area contributed by atoms with Gasteiger partial charge >= 0.3 is 13.3 Å². The summed E-state index contributed by atoms with van der Waals surface area (Å²) < 4.78 is 4.82. The van der Waals surface area contributed by atoms with E-state index in [1.807, 2.05) is 0 Å². The number of aliphatic hydroxyl groups excluding tert-OH is 5. The fourth-order valence-corrected chi connectivity index (χ4v) is 1.95. The molecular weight excluding hydrogens is 387 g/mol. The van der Waals surface area contributed by atoms with E-state index in [1.165, 1.54) is 44.9 Å². The molecular formula is C18H41BO10. The molecule has 0 saturated heterocycles. The molecule has 8 N–H and O–H groups in total. The van der Waals surface area contributed by atoms with Gasteiger partial charge < -0.3 is 45.3 Å². The molecule has 0 aromatic carbocycles. The van der Waals surface area contributed by atoms with Gasteiger partial charge in [0.2, 0.25) is 0 Å². The summed E-state index contributed by atoms with van der Waals surface area (Å²) >= 11 is 0. The van der Waals surface area contributed by atoms with Crippen LogP contribution in [-0.4, -0.2) is 92.5 Å². The molecule has 10 nitrogen and oxygen atoms in total. The van der Waals surface area contributed by atoms with Crippen LogP contribution in [0.4, 0.5) is 0 Å². The van der Waals surface area contributed by atoms with Gasteiger partial charge in [0, 0.05) is 6.42 Å². The van der Waals surface area contributed by atoms with E-state index in [2.05, 4.69) is 6.92 Å². The predicted octanol–water partition coefficient (Wildman–Crippen LogP) is -0.916. The quantitative estimate of drug-likeness (QED) is 0.0921. The second-order valence-corrected chi connectivity index (χ2v) is 6.46. The Kier molecular flexibility index (Phi) is 30.8. The summed E-state index contributed by atoms with van der Waals surface area (Å²) in [4.78, 5) is 11.3. The molecule has 0 radical (unpaired) electrons. The lowest BCUT2D eigenvalue weighted by atomic mass is 10.1. The largest absolute Gasteiger partial charge is 0.631 e. The van der Waals surface area contributed by atoms with Gasteiger partial charge in [0.15, 0.2) is 0 Å². The molecule has 176 valence electrons. The first kappa shape index (κ1) is 32.9. The van der Waals surface area contributed by atoms with Crippen molar-refractivity contribution in [3.8, 4) is 0 Å². The Labute approximate surface area is 174 Å². The van der Waals surface area contributed by atoms with Crippen LogP contribution in [0.15, 0.2) is 0 Å². The van der Waals surface area contributed by atoms with Gasteiger partial charge in [-0.25, -0.2) is 0 Å². The van der Waals surface area contributed by atoms with E-state index in [-0.39, 0.29) is 32.4 Å². The van der Waals surface area contributed by atoms with E-state index >= 15 is 0 Å². The minimum atomic E-state index is -2.17. The average Bonchev–Trinajstić information content (AvgIpc) is 2.70. The van der Waals surface area contributed by atoms with Crippen LogP contribution >= 0.6 is 0 Å². The minimum Gasteiger partial charge on any atom is -0.463 e. The molecule has 0 amide bonds. The van der Waals surface area contributed by atoms with Crippen molar-refractivity contribution in [2.45, 2.75) is 83.3 Å². The number of hydrogen-bond acceptors (Lipinski definition) is 10. The van der Waals surface area contributed by atoms with Gasteiger partial charge in [-0.05, 0) is 6.42 Å². The molecule has 1 atom stereocenters. The van der Waals surface area contributed by atoms with Crippen molar-refractivity contribution >= 4 is 13.3 Å². The Morgan fingerprint density at radius 2 is 1.14 bits per heavy atom. The second kappa shape index (κ2) is 27.2. The molecule has 0 aliphatic carbocycles. The molecule has 0 rings (SSSR count). The molecule has 0 aromatic rings. The number of rotatable bonds is 15. The van der Waals surface area contributed by atoms with Crippen LogP contribution in [-0.2, 0) is 9.53 Å². The summed E-state index contributed by atoms with van der Waals surface area (Å²) in [7, 11) is -2.17. The molecule has 0 aromatic heterocycles. The molecule has 0 bridgehead atoms. The van der Waals surface area contributed by atoms with Crippen LogP contribution in [0.25, 0.3) is 0 Å². The first-order chi connectivity index (χ1) is 13.7. The van der Waals surface area contributed by atoms with Crippen molar-refractivity contribution in [2.75, 3.05) is 26.4 Å². The second-order valence-electron chi connectivity index (χ2n) is 6.46. The number of esters is 1. The number of carbonyl (C=O) groups excluding carboxylic acids is 1. The van der Waals surface area contributed by atoms with Gasteiger partial charge in [0.1, 0.15) is 18.8 Å². The van der Waals surface area contributed by atoms with E-state index in [0.29, 0.717) is 6.42 Å². The standard InChI is InChI=1S/C15H30O4.C3H8O3.BH3O3/c1-2-3-4-5-6-7-8-9-10-11-15(18)19-13-14(17)12-16;4-1-3(6)2-5;2-1(3)4/h14,16-17H,2-13H2,1H3;3-6H,1-2H2;2-4H. The smallest absolute Gasteiger partial charge is 0.463 e. The highest BCUT2D eigenvalue weighted by molar-refractivity contribution is 6.30. The third-order valence-electron chi connectivity index (χ3n) is 3.55. The third kappa shape index (κ3) is 38.4. The highest BCUT2D eigenvalue weighted by Crippen LogP contribution is 2.10. The van der Waals surface area contributed by atoms with E-state index < -0.39 is 19.5 Å². The lowest BCUT2D eigenvalue weighted by Gasteiger charge is -2.08. The maximum Gasteiger partial charge on any atom is 0.631 e. The molecule has 1 unspecified atom stereocenters. The lowest BCUT2D eigenvalue weighted by Crippen LogP contribution is -2.21. The fraction of sp³-hybridized carbons (Fsp3) is 0.944. The zero-order chi connectivity index (χ0) is 22.9. The van der Waals surface area contributed by atoms with Gasteiger partial charge in [-0.2, -0.15) is 0 Å². The monoisotopic (exact) mass is 428 g/mol. The van der Waals surface area contributed by atoms with Crippen molar-refractivity contribution < 1.29 is 50.1 Å². The van der Waals surface area contributed by atoms with Crippen LogP contribution in [0.3, 0.4) is 0 Å². The van der Waals surface area contributed by atoms with Gasteiger partial charge in [0.25, 0.3) is 0 Å². The van der Waals surface area contributed by atoms with Crippen LogP contribution in [0.1, 0.15) is 71.1 Å². The summed E-state index contributed by atoms with van der Waals surface area (Å²) in [6, 6.07) is 0. The fourth-order valence-electron chi connectivity index (χ4n) is 1.95. The van der Waals surface area contributed by atoms with E-state index in [0.717, 1.165) is 12.8 Å². The van der Waals surface area contributed by atoms with E-state index in [1.54, 1.807) is 0 Å². The molecule has 0 heterocycles. The molecule has 0 aliphatic rings. The maximum atomic E-state index is 11.3. The molecule has 0 saturated carbocycles. The van der Waals surface area contributed by atoms with E-state index in [9.17, 15) is 4.79 Å². The average molecular weight is 428 g/mol. The molecule has 0 spiro atoms. The summed E-state index contributed by atoms with van der Waals surface area (Å²) in [5.41, 5.74) is 0. The van der Waals surface area contributed by atoms with Crippen molar-refractivity contribution in [1.82, 2.24) is 0 Å². The Hall–Kier alpha value is -0.785.